The molecule has 0 bridgehead atoms. The lowest BCUT2D eigenvalue weighted by Crippen LogP contribution is -2.21. The van der Waals surface area contributed by atoms with Gasteiger partial charge in [-0.1, -0.05) is 34.9 Å². The molecule has 0 heterocycles. The molecular formula is C24H35ClO4. The molecule has 5 heteroatoms. The van der Waals surface area contributed by atoms with Crippen molar-refractivity contribution in [3.05, 3.63) is 45.0 Å². The van der Waals surface area contributed by atoms with Gasteiger partial charge in [0.2, 0.25) is 0 Å². The van der Waals surface area contributed by atoms with Crippen molar-refractivity contribution >= 4 is 17.9 Å². The van der Waals surface area contributed by atoms with Gasteiger partial charge in [-0.3, -0.25) is 4.79 Å². The van der Waals surface area contributed by atoms with Crippen LogP contribution in [0.25, 0.3) is 0 Å². The number of ether oxygens (including phenoxy) is 1. The summed E-state index contributed by atoms with van der Waals surface area (Å²) >= 11 is 6.10. The normalized spacial score (nSPS) is 13.1. The Bertz CT molecular complexity index is 776. The fourth-order valence-corrected chi connectivity index (χ4v) is 3.36. The van der Waals surface area contributed by atoms with Crippen LogP contribution in [-0.2, 0) is 11.2 Å². The second-order valence-electron chi connectivity index (χ2n) is 8.31. The minimum atomic E-state index is -0.196. The summed E-state index contributed by atoms with van der Waals surface area (Å²) in [6.07, 6.45) is 10.1. The van der Waals surface area contributed by atoms with E-state index in [0.29, 0.717) is 18.3 Å². The van der Waals surface area contributed by atoms with Gasteiger partial charge in [0.15, 0.2) is 6.29 Å². The van der Waals surface area contributed by atoms with Gasteiger partial charge in [0.05, 0.1) is 16.2 Å². The maximum Gasteiger partial charge on any atom is 0.154 e. The average molecular weight is 423 g/mol. The maximum absolute atomic E-state index is 11.2. The third kappa shape index (κ3) is 7.52. The number of carbonyl (C=O) groups is 1. The van der Waals surface area contributed by atoms with Crippen LogP contribution in [0.5, 0.6) is 11.5 Å². The fourth-order valence-electron chi connectivity index (χ4n) is 3.14. The molecule has 0 radical (unpaired) electrons. The van der Waals surface area contributed by atoms with Crippen LogP contribution in [-0.4, -0.2) is 29.2 Å². The summed E-state index contributed by atoms with van der Waals surface area (Å²) in [4.78, 5) is 11.2. The van der Waals surface area contributed by atoms with Gasteiger partial charge in [-0.05, 0) is 78.7 Å². The number of methoxy groups -OCH3 is 1. The number of allylic oxidation sites excluding steroid dienone is 4. The quantitative estimate of drug-likeness (QED) is 0.308. The van der Waals surface area contributed by atoms with Crippen molar-refractivity contribution in [3.8, 4) is 11.5 Å². The molecule has 1 aromatic carbocycles. The summed E-state index contributed by atoms with van der Waals surface area (Å²) in [7, 11) is 1.75. The minimum Gasteiger partial charge on any atom is -0.507 e. The van der Waals surface area contributed by atoms with Gasteiger partial charge >= 0.3 is 0 Å². The highest BCUT2D eigenvalue weighted by atomic mass is 35.5. The summed E-state index contributed by atoms with van der Waals surface area (Å²) in [5, 5.41) is 20.7. The summed E-state index contributed by atoms with van der Waals surface area (Å²) < 4.78 is 5.45. The summed E-state index contributed by atoms with van der Waals surface area (Å²) in [5.74, 6) is -0.357. The molecule has 0 fully saturated rings. The lowest BCUT2D eigenvalue weighted by Gasteiger charge is -2.22. The zero-order valence-corrected chi connectivity index (χ0v) is 19.3. The Morgan fingerprint density at radius 2 is 1.72 bits per heavy atom. The molecule has 1 rings (SSSR count). The van der Waals surface area contributed by atoms with Crippen molar-refractivity contribution in [2.45, 2.75) is 78.7 Å². The van der Waals surface area contributed by atoms with E-state index >= 15 is 0 Å². The molecule has 0 aliphatic rings. The Morgan fingerprint density at radius 1 is 1.10 bits per heavy atom. The lowest BCUT2D eigenvalue weighted by atomic mass is 9.98. The van der Waals surface area contributed by atoms with Crippen LogP contribution in [0.15, 0.2) is 23.3 Å². The second-order valence-corrected chi connectivity index (χ2v) is 8.69. The van der Waals surface area contributed by atoms with E-state index < -0.39 is 0 Å². The van der Waals surface area contributed by atoms with E-state index in [2.05, 4.69) is 26.8 Å². The summed E-state index contributed by atoms with van der Waals surface area (Å²) in [5.41, 5.74) is 3.26. The molecule has 1 aromatic rings. The Balaban J connectivity index is 2.65. The molecule has 162 valence electrons. The Labute approximate surface area is 180 Å². The van der Waals surface area contributed by atoms with Crippen molar-refractivity contribution in [3.63, 3.8) is 0 Å². The van der Waals surface area contributed by atoms with E-state index in [1.807, 2.05) is 13.0 Å². The first-order valence-electron chi connectivity index (χ1n) is 10.1. The van der Waals surface area contributed by atoms with Gasteiger partial charge in [0, 0.05) is 12.7 Å². The highest BCUT2D eigenvalue weighted by Gasteiger charge is 2.19. The van der Waals surface area contributed by atoms with Crippen LogP contribution in [0.1, 0.15) is 81.3 Å². The average Bonchev–Trinajstić information content (AvgIpc) is 2.66. The van der Waals surface area contributed by atoms with E-state index in [0.717, 1.165) is 37.7 Å². The monoisotopic (exact) mass is 422 g/mol. The van der Waals surface area contributed by atoms with E-state index in [1.54, 1.807) is 14.0 Å². The molecule has 2 N–H and O–H groups in total. The molecule has 0 unspecified atom stereocenters. The number of benzene rings is 1. The zero-order chi connectivity index (χ0) is 22.2. The molecule has 0 saturated carbocycles. The maximum atomic E-state index is 11.2. The van der Waals surface area contributed by atoms with Gasteiger partial charge in [-0.2, -0.15) is 0 Å². The van der Waals surface area contributed by atoms with Gasteiger partial charge in [-0.15, -0.1) is 0 Å². The largest absolute Gasteiger partial charge is 0.507 e. The first-order valence-corrected chi connectivity index (χ1v) is 10.5. The summed E-state index contributed by atoms with van der Waals surface area (Å²) in [6.45, 7) is 9.99. The lowest BCUT2D eigenvalue weighted by molar-refractivity contribution is 0.0140. The molecule has 0 aliphatic carbocycles. The van der Waals surface area contributed by atoms with Gasteiger partial charge in [0.1, 0.15) is 11.5 Å². The smallest absolute Gasteiger partial charge is 0.154 e. The molecule has 0 aromatic heterocycles. The minimum absolute atomic E-state index is 0.0701. The first kappa shape index (κ1) is 25.3. The predicted molar refractivity (Wildman–Crippen MR) is 120 cm³/mol. The number of hydrogen-bond donors (Lipinski definition) is 2. The van der Waals surface area contributed by atoms with Crippen LogP contribution in [0.4, 0.5) is 0 Å². The Hall–Kier alpha value is -1.78. The molecule has 0 saturated heterocycles. The number of aldehydes is 1. The molecule has 29 heavy (non-hydrogen) atoms. The van der Waals surface area contributed by atoms with Gasteiger partial charge in [0.25, 0.3) is 0 Å². The number of carbonyl (C=O) groups excluding carboxylic acids is 1. The number of rotatable bonds is 11. The van der Waals surface area contributed by atoms with Crippen LogP contribution >= 0.6 is 11.6 Å². The van der Waals surface area contributed by atoms with Gasteiger partial charge in [-0.25, -0.2) is 0 Å². The first-order chi connectivity index (χ1) is 13.5. The van der Waals surface area contributed by atoms with Gasteiger partial charge < -0.3 is 14.9 Å². The van der Waals surface area contributed by atoms with Crippen molar-refractivity contribution < 1.29 is 19.7 Å². The number of hydrogen-bond acceptors (Lipinski definition) is 4. The van der Waals surface area contributed by atoms with Crippen LogP contribution in [0, 0.1) is 6.92 Å². The van der Waals surface area contributed by atoms with E-state index in [4.69, 9.17) is 16.3 Å². The Kier molecular flexibility index (Phi) is 9.94. The topological polar surface area (TPSA) is 66.8 Å². The molecular weight excluding hydrogens is 388 g/mol. The van der Waals surface area contributed by atoms with Crippen LogP contribution in [0.2, 0.25) is 5.02 Å². The zero-order valence-electron chi connectivity index (χ0n) is 18.6. The standard InChI is InChI=1S/C24H35ClO4/c1-16(11-8-14-24(4,5)29-6)9-7-10-17(2)12-13-19-22(27)20(15-26)18(3)21(25)23(19)28/h9,12,15,27-28H,7-8,10-11,13-14H2,1-6H3/b16-9+,17-12+. The fraction of sp³-hybridized carbons (Fsp3) is 0.542. The van der Waals surface area contributed by atoms with Crippen LogP contribution in [0.3, 0.4) is 0 Å². The third-order valence-electron chi connectivity index (χ3n) is 5.47. The SMILES string of the molecule is COC(C)(C)CCC/C(C)=C/CC/C(C)=C/Cc1c(O)c(Cl)c(C)c(C=O)c1O. The molecule has 0 atom stereocenters. The van der Waals surface area contributed by atoms with Crippen molar-refractivity contribution in [1.82, 2.24) is 0 Å². The highest BCUT2D eigenvalue weighted by molar-refractivity contribution is 6.33. The number of phenolic OH excluding ortho intramolecular Hbond substituents is 2. The molecule has 4 nitrogen and oxygen atoms in total. The number of phenols is 2. The third-order valence-corrected chi connectivity index (χ3v) is 5.94. The Morgan fingerprint density at radius 3 is 2.31 bits per heavy atom. The predicted octanol–water partition coefficient (Wildman–Crippen LogP) is 6.68. The number of aromatic hydroxyl groups is 2. The molecule has 0 amide bonds. The highest BCUT2D eigenvalue weighted by Crippen LogP contribution is 2.40. The van der Waals surface area contributed by atoms with Crippen molar-refractivity contribution in [2.75, 3.05) is 7.11 Å². The van der Waals surface area contributed by atoms with Crippen molar-refractivity contribution in [2.24, 2.45) is 0 Å². The van der Waals surface area contributed by atoms with E-state index in [1.165, 1.54) is 5.57 Å². The summed E-state index contributed by atoms with van der Waals surface area (Å²) in [6, 6.07) is 0. The second kappa shape index (κ2) is 11.4. The van der Waals surface area contributed by atoms with Crippen molar-refractivity contribution in [1.29, 1.82) is 0 Å². The molecule has 0 aliphatic heterocycles. The number of halogens is 1. The van der Waals surface area contributed by atoms with E-state index in [9.17, 15) is 15.0 Å². The van der Waals surface area contributed by atoms with E-state index in [-0.39, 0.29) is 33.2 Å². The molecule has 0 spiro atoms. The van der Waals surface area contributed by atoms with Crippen LogP contribution < -0.4 is 0 Å².